The fourth-order valence-corrected chi connectivity index (χ4v) is 3.25. The highest BCUT2D eigenvalue weighted by Gasteiger charge is 2.27. The summed E-state index contributed by atoms with van der Waals surface area (Å²) < 4.78 is 0. The Morgan fingerprint density at radius 1 is 1.04 bits per heavy atom. The molecule has 0 aliphatic carbocycles. The second-order valence-corrected chi connectivity index (χ2v) is 6.87. The lowest BCUT2D eigenvalue weighted by atomic mass is 9.90. The van der Waals surface area contributed by atoms with Crippen molar-refractivity contribution in [3.63, 3.8) is 0 Å². The summed E-state index contributed by atoms with van der Waals surface area (Å²) in [6.45, 7) is 8.23. The Balaban J connectivity index is 1.95. The van der Waals surface area contributed by atoms with Gasteiger partial charge in [-0.25, -0.2) is 4.79 Å². The lowest BCUT2D eigenvalue weighted by molar-refractivity contribution is 0.0697. The van der Waals surface area contributed by atoms with E-state index in [2.05, 4.69) is 55.7 Å². The highest BCUT2D eigenvalue weighted by molar-refractivity contribution is 5.87. The van der Waals surface area contributed by atoms with E-state index in [9.17, 15) is 4.79 Å². The van der Waals surface area contributed by atoms with Crippen molar-refractivity contribution >= 4 is 5.97 Å². The normalized spacial score (nSPS) is 12.7. The molecule has 3 N–H and O–H groups in total. The van der Waals surface area contributed by atoms with Gasteiger partial charge in [-0.1, -0.05) is 56.3 Å². The van der Waals surface area contributed by atoms with Crippen LogP contribution < -0.4 is 10.6 Å². The fourth-order valence-electron chi connectivity index (χ4n) is 3.25. The molecule has 2 aromatic rings. The third-order valence-electron chi connectivity index (χ3n) is 5.17. The van der Waals surface area contributed by atoms with E-state index in [-0.39, 0.29) is 11.6 Å². The van der Waals surface area contributed by atoms with Crippen molar-refractivity contribution in [2.45, 2.75) is 51.7 Å². The Labute approximate surface area is 156 Å². The van der Waals surface area contributed by atoms with Crippen molar-refractivity contribution in [1.29, 1.82) is 0 Å². The number of carboxylic acid groups (broad SMARTS) is 1. The monoisotopic (exact) mass is 354 g/mol. The van der Waals surface area contributed by atoms with E-state index in [0.717, 1.165) is 31.5 Å². The maximum atomic E-state index is 10.9. The van der Waals surface area contributed by atoms with Crippen LogP contribution in [0.1, 0.15) is 61.1 Å². The molecule has 0 saturated carbocycles. The first kappa shape index (κ1) is 20.1. The largest absolute Gasteiger partial charge is 0.478 e. The lowest BCUT2D eigenvalue weighted by Crippen LogP contribution is -2.52. The van der Waals surface area contributed by atoms with Crippen molar-refractivity contribution in [1.82, 2.24) is 10.6 Å². The lowest BCUT2D eigenvalue weighted by Gasteiger charge is -2.36. The van der Waals surface area contributed by atoms with Gasteiger partial charge in [0.25, 0.3) is 0 Å². The minimum absolute atomic E-state index is 0.0241. The van der Waals surface area contributed by atoms with E-state index < -0.39 is 5.97 Å². The summed E-state index contributed by atoms with van der Waals surface area (Å²) in [4.78, 5) is 10.9. The number of carbonyl (C=O) groups is 1. The second kappa shape index (κ2) is 9.51. The molecule has 1 atom stereocenters. The van der Waals surface area contributed by atoms with Gasteiger partial charge in [0, 0.05) is 24.7 Å². The molecule has 0 fully saturated rings. The van der Waals surface area contributed by atoms with Gasteiger partial charge in [0.1, 0.15) is 0 Å². The predicted octanol–water partition coefficient (Wildman–Crippen LogP) is 4.38. The van der Waals surface area contributed by atoms with Gasteiger partial charge in [0.05, 0.1) is 5.56 Å². The summed E-state index contributed by atoms with van der Waals surface area (Å²) in [6, 6.07) is 17.8. The molecule has 26 heavy (non-hydrogen) atoms. The molecule has 0 saturated heterocycles. The van der Waals surface area contributed by atoms with Crippen molar-refractivity contribution in [2.24, 2.45) is 0 Å². The molecule has 0 bridgehead atoms. The third-order valence-corrected chi connectivity index (χ3v) is 5.17. The highest BCUT2D eigenvalue weighted by Crippen LogP contribution is 2.21. The van der Waals surface area contributed by atoms with Gasteiger partial charge in [-0.05, 0) is 43.0 Å². The standard InChI is InChI=1S/C22H30N2O2/c1-4-22(5-2,24-17(3)19-9-7-6-8-10-19)16-23-15-18-11-13-20(14-12-18)21(25)26/h6-14,17,23-24H,4-5,15-16H2,1-3H3,(H,25,26). The van der Waals surface area contributed by atoms with Crippen LogP contribution in [-0.2, 0) is 6.54 Å². The molecular formula is C22H30N2O2. The van der Waals surface area contributed by atoms with Crippen LogP contribution in [0.2, 0.25) is 0 Å². The minimum Gasteiger partial charge on any atom is -0.478 e. The summed E-state index contributed by atoms with van der Waals surface area (Å²) in [7, 11) is 0. The molecule has 4 heteroatoms. The van der Waals surface area contributed by atoms with Gasteiger partial charge >= 0.3 is 5.97 Å². The molecule has 0 heterocycles. The highest BCUT2D eigenvalue weighted by atomic mass is 16.4. The topological polar surface area (TPSA) is 61.4 Å². The Morgan fingerprint density at radius 3 is 2.19 bits per heavy atom. The van der Waals surface area contributed by atoms with Crippen LogP contribution in [0, 0.1) is 0 Å². The first-order chi connectivity index (χ1) is 12.5. The van der Waals surface area contributed by atoms with E-state index in [4.69, 9.17) is 5.11 Å². The van der Waals surface area contributed by atoms with Crippen LogP contribution in [0.4, 0.5) is 0 Å². The summed E-state index contributed by atoms with van der Waals surface area (Å²) in [5, 5.41) is 16.3. The maximum Gasteiger partial charge on any atom is 0.335 e. The quantitative estimate of drug-likeness (QED) is 0.592. The zero-order valence-electron chi connectivity index (χ0n) is 16.0. The predicted molar refractivity (Wildman–Crippen MR) is 106 cm³/mol. The fraction of sp³-hybridized carbons (Fsp3) is 0.409. The van der Waals surface area contributed by atoms with Gasteiger partial charge in [0.15, 0.2) is 0 Å². The van der Waals surface area contributed by atoms with Gasteiger partial charge < -0.3 is 15.7 Å². The average molecular weight is 354 g/mol. The first-order valence-electron chi connectivity index (χ1n) is 9.35. The van der Waals surface area contributed by atoms with E-state index in [1.807, 2.05) is 18.2 Å². The molecule has 0 radical (unpaired) electrons. The van der Waals surface area contributed by atoms with Gasteiger partial charge in [0.2, 0.25) is 0 Å². The van der Waals surface area contributed by atoms with E-state index in [1.54, 1.807) is 12.1 Å². The zero-order valence-corrected chi connectivity index (χ0v) is 16.0. The van der Waals surface area contributed by atoms with Crippen molar-refractivity contribution in [3.05, 3.63) is 71.3 Å². The number of hydrogen-bond acceptors (Lipinski definition) is 3. The van der Waals surface area contributed by atoms with Crippen LogP contribution in [0.25, 0.3) is 0 Å². The van der Waals surface area contributed by atoms with Gasteiger partial charge in [-0.15, -0.1) is 0 Å². The summed E-state index contributed by atoms with van der Waals surface area (Å²) in [6.07, 6.45) is 2.07. The molecule has 2 rings (SSSR count). The van der Waals surface area contributed by atoms with E-state index in [1.165, 1.54) is 5.56 Å². The van der Waals surface area contributed by atoms with E-state index in [0.29, 0.717) is 5.56 Å². The Morgan fingerprint density at radius 2 is 1.65 bits per heavy atom. The smallest absolute Gasteiger partial charge is 0.335 e. The summed E-state index contributed by atoms with van der Waals surface area (Å²) >= 11 is 0. The van der Waals surface area contributed by atoms with Crippen LogP contribution in [0.3, 0.4) is 0 Å². The molecule has 0 aromatic heterocycles. The van der Waals surface area contributed by atoms with E-state index >= 15 is 0 Å². The Hall–Kier alpha value is -2.17. The first-order valence-corrected chi connectivity index (χ1v) is 9.35. The molecule has 0 aliphatic heterocycles. The van der Waals surface area contributed by atoms with Gasteiger partial charge in [-0.3, -0.25) is 0 Å². The molecule has 0 aliphatic rings. The summed E-state index contributed by atoms with van der Waals surface area (Å²) in [5.41, 5.74) is 2.73. The SMILES string of the molecule is CCC(CC)(CNCc1ccc(C(=O)O)cc1)NC(C)c1ccccc1. The van der Waals surface area contributed by atoms with Crippen molar-refractivity contribution in [3.8, 4) is 0 Å². The van der Waals surface area contributed by atoms with Crippen LogP contribution in [0.15, 0.2) is 54.6 Å². The number of nitrogens with one attached hydrogen (secondary N) is 2. The van der Waals surface area contributed by atoms with Crippen molar-refractivity contribution in [2.75, 3.05) is 6.54 Å². The van der Waals surface area contributed by atoms with Gasteiger partial charge in [-0.2, -0.15) is 0 Å². The molecule has 0 spiro atoms. The number of hydrogen-bond donors (Lipinski definition) is 3. The summed E-state index contributed by atoms with van der Waals surface area (Å²) in [5.74, 6) is -0.889. The van der Waals surface area contributed by atoms with Crippen LogP contribution >= 0.6 is 0 Å². The third kappa shape index (κ3) is 5.41. The molecule has 0 amide bonds. The molecule has 1 unspecified atom stereocenters. The maximum absolute atomic E-state index is 10.9. The zero-order chi connectivity index (χ0) is 19.0. The molecule has 140 valence electrons. The van der Waals surface area contributed by atoms with Crippen LogP contribution in [0.5, 0.6) is 0 Å². The Bertz CT molecular complexity index is 679. The number of aromatic carboxylic acids is 1. The second-order valence-electron chi connectivity index (χ2n) is 6.87. The number of rotatable bonds is 10. The minimum atomic E-state index is -0.889. The van der Waals surface area contributed by atoms with Crippen LogP contribution in [-0.4, -0.2) is 23.2 Å². The Kier molecular flexibility index (Phi) is 7.37. The average Bonchev–Trinajstić information content (AvgIpc) is 2.68. The van der Waals surface area contributed by atoms with Crippen molar-refractivity contribution < 1.29 is 9.90 Å². The molecule has 4 nitrogen and oxygen atoms in total. The molecular weight excluding hydrogens is 324 g/mol. The number of benzene rings is 2. The molecule has 2 aromatic carbocycles. The number of carboxylic acids is 1.